The van der Waals surface area contributed by atoms with Crippen LogP contribution in [-0.2, 0) is 19.2 Å². The standard InChI is InChI=1S/C36H50N2O4SSi/c1-6-7-10-16-31(42-44(36(3,4)5,33-17-11-8-12-18-33)34-19-13-9-14-20-34)27-30-28-35(39)37-25-15-26-38(30)43(40,41)32-23-21-29(2)22-24-32/h8-9,11-14,17-24,30-31H,6-7,10,15-16,25-28H2,1-5H3,(H,37,39)/t30-,31-/m1/s1. The predicted octanol–water partition coefficient (Wildman–Crippen LogP) is 6.18. The average Bonchev–Trinajstić information content (AvgIpc) is 2.98. The van der Waals surface area contributed by atoms with E-state index in [1.807, 2.05) is 31.2 Å². The largest absolute Gasteiger partial charge is 0.404 e. The summed E-state index contributed by atoms with van der Waals surface area (Å²) in [7, 11) is -6.73. The molecular weight excluding hydrogens is 585 g/mol. The van der Waals surface area contributed by atoms with Crippen LogP contribution in [0.15, 0.2) is 89.8 Å². The summed E-state index contributed by atoms with van der Waals surface area (Å²) in [6.07, 6.45) is 4.80. The summed E-state index contributed by atoms with van der Waals surface area (Å²) in [5.74, 6) is -0.114. The number of amides is 1. The van der Waals surface area contributed by atoms with Crippen LogP contribution in [0.1, 0.15) is 78.2 Å². The zero-order valence-corrected chi connectivity index (χ0v) is 28.9. The first-order valence-corrected chi connectivity index (χ1v) is 19.5. The van der Waals surface area contributed by atoms with Crippen molar-refractivity contribution in [2.24, 2.45) is 0 Å². The zero-order chi connectivity index (χ0) is 31.8. The van der Waals surface area contributed by atoms with E-state index in [0.717, 1.165) is 31.2 Å². The van der Waals surface area contributed by atoms with Gasteiger partial charge in [-0.15, -0.1) is 0 Å². The van der Waals surface area contributed by atoms with Crippen molar-refractivity contribution in [2.75, 3.05) is 13.1 Å². The maximum absolute atomic E-state index is 14.2. The molecule has 3 aromatic rings. The second-order valence-corrected chi connectivity index (χ2v) is 19.3. The molecular formula is C36H50N2O4SSi. The van der Waals surface area contributed by atoms with E-state index in [4.69, 9.17) is 4.43 Å². The Kier molecular flexibility index (Phi) is 11.6. The van der Waals surface area contributed by atoms with Gasteiger partial charge in [0.1, 0.15) is 0 Å². The Labute approximate surface area is 266 Å². The number of carbonyl (C=O) groups excluding carboxylic acids is 1. The smallest absolute Gasteiger partial charge is 0.261 e. The molecule has 0 aromatic heterocycles. The van der Waals surface area contributed by atoms with Crippen LogP contribution in [0, 0.1) is 6.92 Å². The Morgan fingerprint density at radius 3 is 2.07 bits per heavy atom. The maximum Gasteiger partial charge on any atom is 0.261 e. The number of hydrogen-bond acceptors (Lipinski definition) is 4. The third-order valence-corrected chi connectivity index (χ3v) is 15.8. The number of nitrogens with one attached hydrogen (secondary N) is 1. The van der Waals surface area contributed by atoms with Crippen molar-refractivity contribution in [1.29, 1.82) is 0 Å². The van der Waals surface area contributed by atoms with Gasteiger partial charge >= 0.3 is 0 Å². The quantitative estimate of drug-likeness (QED) is 0.191. The first kappa shape index (κ1) is 34.1. The minimum absolute atomic E-state index is 0.111. The fourth-order valence-corrected chi connectivity index (χ4v) is 12.9. The van der Waals surface area contributed by atoms with Gasteiger partial charge in [-0.25, -0.2) is 8.42 Å². The second-order valence-electron chi connectivity index (χ2n) is 13.1. The van der Waals surface area contributed by atoms with Crippen LogP contribution in [0.4, 0.5) is 0 Å². The van der Waals surface area contributed by atoms with Crippen molar-refractivity contribution >= 4 is 34.6 Å². The first-order chi connectivity index (χ1) is 21.0. The Balaban J connectivity index is 1.80. The molecule has 0 bridgehead atoms. The topological polar surface area (TPSA) is 75.7 Å². The van der Waals surface area contributed by atoms with E-state index in [2.05, 4.69) is 81.5 Å². The highest BCUT2D eigenvalue weighted by molar-refractivity contribution is 7.89. The number of unbranched alkanes of at least 4 members (excludes halogenated alkanes) is 2. The van der Waals surface area contributed by atoms with Gasteiger partial charge in [-0.3, -0.25) is 4.79 Å². The van der Waals surface area contributed by atoms with Gasteiger partial charge in [0.15, 0.2) is 0 Å². The van der Waals surface area contributed by atoms with Gasteiger partial charge in [0.2, 0.25) is 15.9 Å². The van der Waals surface area contributed by atoms with Crippen LogP contribution >= 0.6 is 0 Å². The number of sulfonamides is 1. The van der Waals surface area contributed by atoms with Crippen LogP contribution in [-0.4, -0.2) is 52.2 Å². The van der Waals surface area contributed by atoms with E-state index in [1.165, 1.54) is 10.4 Å². The molecule has 0 spiro atoms. The fraction of sp³-hybridized carbons (Fsp3) is 0.472. The second kappa shape index (κ2) is 15.0. The van der Waals surface area contributed by atoms with Crippen molar-refractivity contribution < 1.29 is 17.6 Å². The molecule has 8 heteroatoms. The van der Waals surface area contributed by atoms with Gasteiger partial charge in [0.05, 0.1) is 4.90 Å². The van der Waals surface area contributed by atoms with E-state index in [1.54, 1.807) is 16.4 Å². The lowest BCUT2D eigenvalue weighted by Gasteiger charge is -2.46. The summed E-state index contributed by atoms with van der Waals surface area (Å²) in [5.41, 5.74) is 1.00. The van der Waals surface area contributed by atoms with Crippen LogP contribution in [0.2, 0.25) is 5.04 Å². The molecule has 1 aliphatic rings. The highest BCUT2D eigenvalue weighted by Crippen LogP contribution is 2.39. The molecule has 2 atom stereocenters. The third-order valence-electron chi connectivity index (χ3n) is 8.76. The number of rotatable bonds is 12. The molecule has 0 aliphatic carbocycles. The molecule has 0 unspecified atom stereocenters. The number of nitrogens with zero attached hydrogens (tertiary/aromatic N) is 1. The van der Waals surface area contributed by atoms with E-state index < -0.39 is 24.4 Å². The maximum atomic E-state index is 14.2. The van der Waals surface area contributed by atoms with E-state index >= 15 is 0 Å². The molecule has 3 aromatic carbocycles. The third kappa shape index (κ3) is 7.89. The highest BCUT2D eigenvalue weighted by atomic mass is 32.2. The van der Waals surface area contributed by atoms with Crippen LogP contribution in [0.3, 0.4) is 0 Å². The van der Waals surface area contributed by atoms with Crippen molar-refractivity contribution in [3.8, 4) is 0 Å². The number of carbonyl (C=O) groups is 1. The molecule has 0 saturated carbocycles. The average molecular weight is 635 g/mol. The van der Waals surface area contributed by atoms with E-state index in [9.17, 15) is 13.2 Å². The van der Waals surface area contributed by atoms with Crippen LogP contribution in [0.5, 0.6) is 0 Å². The highest BCUT2D eigenvalue weighted by Gasteiger charge is 2.51. The zero-order valence-electron chi connectivity index (χ0n) is 27.1. The van der Waals surface area contributed by atoms with Crippen molar-refractivity contribution in [3.63, 3.8) is 0 Å². The molecule has 6 nitrogen and oxygen atoms in total. The summed E-state index contributed by atoms with van der Waals surface area (Å²) in [4.78, 5) is 13.3. The minimum Gasteiger partial charge on any atom is -0.404 e. The lowest BCUT2D eigenvalue weighted by molar-refractivity contribution is -0.122. The molecule has 1 heterocycles. The van der Waals surface area contributed by atoms with Gasteiger partial charge in [0, 0.05) is 31.7 Å². The molecule has 44 heavy (non-hydrogen) atoms. The summed E-state index contributed by atoms with van der Waals surface area (Å²) >= 11 is 0. The lowest BCUT2D eigenvalue weighted by Crippen LogP contribution is -2.68. The molecule has 1 amide bonds. The molecule has 0 radical (unpaired) electrons. The monoisotopic (exact) mass is 634 g/mol. The van der Waals surface area contributed by atoms with Crippen LogP contribution < -0.4 is 15.7 Å². The van der Waals surface area contributed by atoms with Gasteiger partial charge < -0.3 is 9.74 Å². The van der Waals surface area contributed by atoms with Gasteiger partial charge in [-0.2, -0.15) is 4.31 Å². The molecule has 1 saturated heterocycles. The molecule has 1 N–H and O–H groups in total. The van der Waals surface area contributed by atoms with Crippen molar-refractivity contribution in [1.82, 2.24) is 9.62 Å². The van der Waals surface area contributed by atoms with E-state index in [-0.39, 0.29) is 28.4 Å². The predicted molar refractivity (Wildman–Crippen MR) is 182 cm³/mol. The van der Waals surface area contributed by atoms with Gasteiger partial charge in [0.25, 0.3) is 8.32 Å². The normalized spacial score (nSPS) is 17.8. The fourth-order valence-electron chi connectivity index (χ4n) is 6.49. The van der Waals surface area contributed by atoms with Crippen LogP contribution in [0.25, 0.3) is 0 Å². The van der Waals surface area contributed by atoms with E-state index in [0.29, 0.717) is 25.9 Å². The Morgan fingerprint density at radius 1 is 0.932 bits per heavy atom. The molecule has 4 rings (SSSR count). The Bertz CT molecular complexity index is 1400. The Morgan fingerprint density at radius 2 is 1.52 bits per heavy atom. The Hall–Kier alpha value is -2.78. The summed E-state index contributed by atoms with van der Waals surface area (Å²) < 4.78 is 37.5. The molecule has 238 valence electrons. The number of hydrogen-bond donors (Lipinski definition) is 1. The van der Waals surface area contributed by atoms with Gasteiger partial charge in [-0.1, -0.05) is 125 Å². The summed E-state index contributed by atoms with van der Waals surface area (Å²) in [5, 5.41) is 5.16. The van der Waals surface area contributed by atoms with Crippen molar-refractivity contribution in [3.05, 3.63) is 90.5 Å². The van der Waals surface area contributed by atoms with Gasteiger partial charge in [-0.05, 0) is 53.7 Å². The molecule has 1 fully saturated rings. The first-order valence-electron chi connectivity index (χ1n) is 16.1. The summed E-state index contributed by atoms with van der Waals surface area (Å²) in [6, 6.07) is 27.6. The minimum atomic E-state index is -3.83. The lowest BCUT2D eigenvalue weighted by atomic mass is 10.00. The number of benzene rings is 3. The number of aryl methyl sites for hydroxylation is 1. The SMILES string of the molecule is CCCCC[C@H](C[C@@H]1CC(=O)NCCCN1S(=O)(=O)c1ccc(C)cc1)O[Si](c1ccccc1)(c1ccccc1)C(C)(C)C. The van der Waals surface area contributed by atoms with Crippen molar-refractivity contribution in [2.45, 2.75) is 102 Å². The molecule has 1 aliphatic heterocycles. The summed E-state index contributed by atoms with van der Waals surface area (Å²) in [6.45, 7) is 11.7.